The molecule has 150 valence electrons. The van der Waals surface area contributed by atoms with Gasteiger partial charge in [-0.3, -0.25) is 14.8 Å². The number of thiazole rings is 1. The number of hydroxylamine groups is 1. The third-order valence-electron chi connectivity index (χ3n) is 3.64. The highest BCUT2D eigenvalue weighted by Gasteiger charge is 2.27. The zero-order valence-corrected chi connectivity index (χ0v) is 15.5. The van der Waals surface area contributed by atoms with Gasteiger partial charge in [0.1, 0.15) is 18.7 Å². The van der Waals surface area contributed by atoms with Gasteiger partial charge in [-0.2, -0.15) is 0 Å². The van der Waals surface area contributed by atoms with Crippen molar-refractivity contribution in [2.75, 3.05) is 6.61 Å². The smallest absolute Gasteiger partial charge is 0.408 e. The monoisotopic (exact) mass is 408 g/mol. The predicted molar refractivity (Wildman–Crippen MR) is 98.3 cm³/mol. The molecule has 5 N–H and O–H groups in total. The van der Waals surface area contributed by atoms with Crippen LogP contribution in [0.1, 0.15) is 11.3 Å². The van der Waals surface area contributed by atoms with Crippen molar-refractivity contribution in [2.24, 2.45) is 0 Å². The lowest BCUT2D eigenvalue weighted by molar-refractivity contribution is -0.135. The first-order valence-electron chi connectivity index (χ1n) is 8.23. The molecule has 3 amide bonds. The van der Waals surface area contributed by atoms with Crippen LogP contribution in [-0.2, 0) is 27.4 Å². The summed E-state index contributed by atoms with van der Waals surface area (Å²) in [6, 6.07) is 6.44. The lowest BCUT2D eigenvalue weighted by Gasteiger charge is -2.20. The van der Waals surface area contributed by atoms with Crippen molar-refractivity contribution in [3.63, 3.8) is 0 Å². The van der Waals surface area contributed by atoms with Crippen molar-refractivity contribution < 1.29 is 29.4 Å². The maximum Gasteiger partial charge on any atom is 0.408 e. The highest BCUT2D eigenvalue weighted by molar-refractivity contribution is 7.07. The van der Waals surface area contributed by atoms with Crippen LogP contribution in [0.3, 0.4) is 0 Å². The molecule has 0 bridgehead atoms. The van der Waals surface area contributed by atoms with Crippen LogP contribution < -0.4 is 16.1 Å². The van der Waals surface area contributed by atoms with E-state index in [2.05, 4.69) is 15.6 Å². The fourth-order valence-electron chi connectivity index (χ4n) is 2.21. The normalized spacial score (nSPS) is 12.5. The second kappa shape index (κ2) is 11.0. The van der Waals surface area contributed by atoms with E-state index in [9.17, 15) is 19.5 Å². The molecule has 1 heterocycles. The van der Waals surface area contributed by atoms with E-state index in [1.807, 2.05) is 6.07 Å². The van der Waals surface area contributed by atoms with Crippen molar-refractivity contribution in [3.05, 3.63) is 52.5 Å². The van der Waals surface area contributed by atoms with Crippen LogP contribution in [0.4, 0.5) is 4.79 Å². The molecule has 11 heteroatoms. The zero-order chi connectivity index (χ0) is 20.4. The van der Waals surface area contributed by atoms with Crippen molar-refractivity contribution in [1.29, 1.82) is 0 Å². The summed E-state index contributed by atoms with van der Waals surface area (Å²) in [6.07, 6.45) is -0.876. The molecular weight excluding hydrogens is 388 g/mol. The van der Waals surface area contributed by atoms with Gasteiger partial charge in [-0.05, 0) is 5.56 Å². The van der Waals surface area contributed by atoms with Gasteiger partial charge >= 0.3 is 6.09 Å². The summed E-state index contributed by atoms with van der Waals surface area (Å²) >= 11 is 1.31. The Hall–Kier alpha value is -3.02. The van der Waals surface area contributed by atoms with E-state index in [4.69, 9.17) is 9.94 Å². The number of aliphatic hydroxyl groups is 1. The molecule has 0 spiro atoms. The summed E-state index contributed by atoms with van der Waals surface area (Å²) in [6.45, 7) is -0.720. The molecule has 2 rings (SSSR count). The van der Waals surface area contributed by atoms with Gasteiger partial charge in [0.15, 0.2) is 0 Å². The van der Waals surface area contributed by atoms with Gasteiger partial charge in [-0.25, -0.2) is 15.3 Å². The second-order valence-electron chi connectivity index (χ2n) is 5.66. The number of aliphatic hydroxyl groups excluding tert-OH is 1. The van der Waals surface area contributed by atoms with E-state index in [1.165, 1.54) is 16.8 Å². The Morgan fingerprint density at radius 3 is 2.46 bits per heavy atom. The third kappa shape index (κ3) is 6.61. The van der Waals surface area contributed by atoms with E-state index in [0.717, 1.165) is 5.56 Å². The molecule has 0 saturated heterocycles. The molecule has 0 saturated carbocycles. The Labute approximate surface area is 164 Å². The van der Waals surface area contributed by atoms with E-state index in [1.54, 1.807) is 35.2 Å². The number of carbonyl (C=O) groups is 3. The summed E-state index contributed by atoms with van der Waals surface area (Å²) in [5.74, 6) is -1.67. The van der Waals surface area contributed by atoms with Gasteiger partial charge < -0.3 is 20.5 Å². The van der Waals surface area contributed by atoms with Crippen LogP contribution in [-0.4, -0.2) is 51.9 Å². The number of ether oxygens (including phenoxy) is 1. The molecule has 10 nitrogen and oxygen atoms in total. The first-order valence-corrected chi connectivity index (χ1v) is 9.17. The van der Waals surface area contributed by atoms with Crippen molar-refractivity contribution >= 4 is 29.2 Å². The molecule has 0 aliphatic carbocycles. The Kier molecular flexibility index (Phi) is 8.34. The number of rotatable bonds is 9. The quantitative estimate of drug-likeness (QED) is 0.289. The average molecular weight is 408 g/mol. The van der Waals surface area contributed by atoms with Gasteiger partial charge in [0.2, 0.25) is 5.91 Å². The van der Waals surface area contributed by atoms with E-state index in [-0.39, 0.29) is 13.0 Å². The molecule has 0 radical (unpaired) electrons. The number of carbonyl (C=O) groups excluding carboxylic acids is 3. The molecule has 1 aromatic heterocycles. The number of hydrogen-bond donors (Lipinski definition) is 5. The Morgan fingerprint density at radius 1 is 1.11 bits per heavy atom. The molecule has 0 aliphatic heterocycles. The standard InChI is InChI=1S/C17H20N4O6S/c22-7-14(20-17(25)27-8-11-4-2-1-3-5-11)15(23)19-13(16(24)21-26)6-12-9-28-10-18-12/h1-5,9-10,13-14,22,26H,6-8H2,(H,19,23)(H,20,25)(H,21,24). The second-order valence-corrected chi connectivity index (χ2v) is 6.38. The van der Waals surface area contributed by atoms with Gasteiger partial charge in [0, 0.05) is 11.8 Å². The van der Waals surface area contributed by atoms with Gasteiger partial charge in [0.05, 0.1) is 17.8 Å². The molecule has 2 unspecified atom stereocenters. The number of alkyl carbamates (subject to hydrolysis) is 1. The predicted octanol–water partition coefficient (Wildman–Crippen LogP) is -0.0369. The molecule has 2 atom stereocenters. The zero-order valence-electron chi connectivity index (χ0n) is 14.7. The van der Waals surface area contributed by atoms with Gasteiger partial charge in [-0.1, -0.05) is 30.3 Å². The Bertz CT molecular complexity index is 771. The minimum atomic E-state index is -1.34. The first-order chi connectivity index (χ1) is 13.5. The molecular formula is C17H20N4O6S. The Balaban J connectivity index is 1.90. The molecule has 28 heavy (non-hydrogen) atoms. The maximum absolute atomic E-state index is 12.3. The summed E-state index contributed by atoms with van der Waals surface area (Å²) in [4.78, 5) is 40.0. The van der Waals surface area contributed by atoms with Crippen LogP contribution in [0.15, 0.2) is 41.2 Å². The molecule has 0 aliphatic rings. The fourth-order valence-corrected chi connectivity index (χ4v) is 2.78. The lowest BCUT2D eigenvalue weighted by Crippen LogP contribution is -2.55. The van der Waals surface area contributed by atoms with E-state index in [0.29, 0.717) is 5.69 Å². The minimum Gasteiger partial charge on any atom is -0.445 e. The summed E-state index contributed by atoms with van der Waals surface area (Å²) < 4.78 is 5.00. The number of benzene rings is 1. The summed E-state index contributed by atoms with van der Waals surface area (Å²) in [5, 5.41) is 24.5. The number of nitrogens with one attached hydrogen (secondary N) is 3. The third-order valence-corrected chi connectivity index (χ3v) is 4.28. The number of hydrogen-bond acceptors (Lipinski definition) is 8. The van der Waals surface area contributed by atoms with Gasteiger partial charge in [-0.15, -0.1) is 11.3 Å². The summed E-state index contributed by atoms with van der Waals surface area (Å²) in [7, 11) is 0. The lowest BCUT2D eigenvalue weighted by atomic mass is 10.1. The van der Waals surface area contributed by atoms with Crippen LogP contribution in [0, 0.1) is 0 Å². The van der Waals surface area contributed by atoms with E-state index < -0.39 is 36.6 Å². The number of aromatic nitrogens is 1. The number of amides is 3. The first kappa shape index (κ1) is 21.3. The maximum atomic E-state index is 12.3. The molecule has 2 aromatic rings. The average Bonchev–Trinajstić information content (AvgIpc) is 3.23. The van der Waals surface area contributed by atoms with Crippen LogP contribution >= 0.6 is 11.3 Å². The fraction of sp³-hybridized carbons (Fsp3) is 0.294. The van der Waals surface area contributed by atoms with Crippen LogP contribution in [0.25, 0.3) is 0 Å². The summed E-state index contributed by atoms with van der Waals surface area (Å²) in [5.41, 5.74) is 4.32. The van der Waals surface area contributed by atoms with Crippen molar-refractivity contribution in [3.8, 4) is 0 Å². The topological polar surface area (TPSA) is 150 Å². The highest BCUT2D eigenvalue weighted by atomic mass is 32.1. The van der Waals surface area contributed by atoms with Gasteiger partial charge in [0.25, 0.3) is 5.91 Å². The molecule has 1 aromatic carbocycles. The van der Waals surface area contributed by atoms with Crippen molar-refractivity contribution in [1.82, 2.24) is 21.1 Å². The highest BCUT2D eigenvalue weighted by Crippen LogP contribution is 2.05. The minimum absolute atomic E-state index is 0.00813. The number of nitrogens with zero attached hydrogens (tertiary/aromatic N) is 1. The van der Waals surface area contributed by atoms with Crippen LogP contribution in [0.5, 0.6) is 0 Å². The molecule has 0 fully saturated rings. The largest absolute Gasteiger partial charge is 0.445 e. The van der Waals surface area contributed by atoms with E-state index >= 15 is 0 Å². The van der Waals surface area contributed by atoms with Crippen LogP contribution in [0.2, 0.25) is 0 Å². The van der Waals surface area contributed by atoms with Crippen molar-refractivity contribution in [2.45, 2.75) is 25.1 Å². The SMILES string of the molecule is O=C(NC(CO)C(=O)NC(Cc1cscn1)C(=O)NO)OCc1ccccc1. The Morgan fingerprint density at radius 2 is 1.86 bits per heavy atom.